The fourth-order valence-electron chi connectivity index (χ4n) is 4.20. The average molecular weight is 679 g/mol. The molecular weight excluding hydrogens is 623 g/mol. The summed E-state index contributed by atoms with van der Waals surface area (Å²) in [6.45, 7) is 4.28. The quantitative estimate of drug-likeness (QED) is 0.0410. The van der Waals surface area contributed by atoms with Crippen LogP contribution in [0, 0.1) is 0 Å². The Morgan fingerprint density at radius 3 is 1.20 bits per heavy atom. The summed E-state index contributed by atoms with van der Waals surface area (Å²) >= 11 is 0. The van der Waals surface area contributed by atoms with Crippen molar-refractivity contribution in [3.63, 3.8) is 0 Å². The van der Waals surface area contributed by atoms with Crippen molar-refractivity contribution in [2.45, 2.75) is 142 Å². The van der Waals surface area contributed by atoms with Gasteiger partial charge in [-0.1, -0.05) is 148 Å². The van der Waals surface area contributed by atoms with E-state index in [-0.39, 0.29) is 37.8 Å². The van der Waals surface area contributed by atoms with E-state index in [4.69, 9.17) is 0 Å². The maximum Gasteiger partial charge on any atom is 1.00 e. The van der Waals surface area contributed by atoms with Gasteiger partial charge in [-0.3, -0.25) is 8.37 Å². The van der Waals surface area contributed by atoms with Crippen molar-refractivity contribution in [2.75, 3.05) is 13.2 Å². The Morgan fingerprint density at radius 2 is 0.841 bits per heavy atom. The zero-order valence-corrected chi connectivity index (χ0v) is 29.7. The Bertz CT molecular complexity index is 1100. The van der Waals surface area contributed by atoms with Crippen LogP contribution in [0.4, 0.5) is 0 Å². The zero-order chi connectivity index (χ0) is 32.3. The van der Waals surface area contributed by atoms with Crippen molar-refractivity contribution in [1.82, 2.24) is 0 Å². The van der Waals surface area contributed by atoms with Crippen LogP contribution >= 0.6 is 0 Å². The van der Waals surface area contributed by atoms with Crippen molar-refractivity contribution in [2.24, 2.45) is 0 Å². The van der Waals surface area contributed by atoms with Crippen LogP contribution in [0.25, 0.3) is 0 Å². The summed E-state index contributed by atoms with van der Waals surface area (Å²) in [6, 6.07) is 7.46. The van der Waals surface area contributed by atoms with Gasteiger partial charge in [0.2, 0.25) is 10.4 Å². The van der Waals surface area contributed by atoms with Gasteiger partial charge in [0.05, 0.1) is 13.2 Å². The first kappa shape index (κ1) is 45.5. The molecule has 1 rings (SSSR count). The minimum atomic E-state index is -4.88. The maximum absolute atomic E-state index is 11.8. The van der Waals surface area contributed by atoms with Crippen LogP contribution in [-0.4, -0.2) is 43.0 Å². The molecule has 0 fully saturated rings. The number of unbranched alkanes of at least 4 members (excludes halogenated alkanes) is 18. The molecule has 1 aromatic rings. The Kier molecular flexibility index (Phi) is 29.5. The molecule has 0 aliphatic heterocycles. The number of rotatable bonds is 27. The summed E-state index contributed by atoms with van der Waals surface area (Å²) < 4.78 is 90.8. The normalized spacial score (nSPS) is 11.8. The van der Waals surface area contributed by atoms with Gasteiger partial charge in [-0.15, -0.1) is 0 Å². The molecular formula is C30H55LiO10S3. The monoisotopic (exact) mass is 678 g/mol. The van der Waals surface area contributed by atoms with Gasteiger partial charge in [-0.05, 0) is 25.0 Å². The second kappa shape index (κ2) is 28.6. The first-order valence-electron chi connectivity index (χ1n) is 15.9. The summed E-state index contributed by atoms with van der Waals surface area (Å²) in [7, 11) is -14.2. The minimum absolute atomic E-state index is 0. The second-order valence-corrected chi connectivity index (χ2v) is 16.2. The van der Waals surface area contributed by atoms with Gasteiger partial charge in [0.15, 0.2) is 0 Å². The average Bonchev–Trinajstić information content (AvgIpc) is 2.94. The van der Waals surface area contributed by atoms with Crippen LogP contribution in [0.3, 0.4) is 0 Å². The molecule has 0 saturated heterocycles. The molecule has 0 aromatic heterocycles. The molecule has 0 N–H and O–H groups in total. The van der Waals surface area contributed by atoms with Crippen molar-refractivity contribution >= 4 is 28.7 Å². The van der Waals surface area contributed by atoms with E-state index in [1.165, 1.54) is 95.6 Å². The molecule has 0 heterocycles. The van der Waals surface area contributed by atoms with Gasteiger partial charge >= 0.3 is 37.2 Å². The number of hydrogen-bond donors (Lipinski definition) is 0. The van der Waals surface area contributed by atoms with E-state index in [9.17, 15) is 29.8 Å². The first-order chi connectivity index (χ1) is 20.4. The van der Waals surface area contributed by atoms with Crippen LogP contribution in [0.15, 0.2) is 30.3 Å². The maximum atomic E-state index is 11.8. The second-order valence-electron chi connectivity index (χ2n) is 10.6. The number of hydrogen-bond acceptors (Lipinski definition) is 10. The smallest absolute Gasteiger partial charge is 0.726 e. The van der Waals surface area contributed by atoms with Gasteiger partial charge in [0.1, 0.15) is 5.75 Å². The van der Waals surface area contributed by atoms with Crippen molar-refractivity contribution in [3.8, 4) is 5.75 Å². The fourth-order valence-corrected chi connectivity index (χ4v) is 6.43. The Labute approximate surface area is 280 Å². The first-order valence-corrected chi connectivity index (χ1v) is 20.6. The summed E-state index contributed by atoms with van der Waals surface area (Å²) in [6.07, 6.45) is 22.6. The molecule has 0 bridgehead atoms. The molecule has 1 aromatic carbocycles. The van der Waals surface area contributed by atoms with Crippen LogP contribution in [-0.2, 0) is 37.1 Å². The Balaban J connectivity index is 0. The molecule has 0 aliphatic carbocycles. The van der Waals surface area contributed by atoms with Gasteiger partial charge in [0, 0.05) is 0 Å². The van der Waals surface area contributed by atoms with Gasteiger partial charge in [-0.2, -0.15) is 16.8 Å². The van der Waals surface area contributed by atoms with Crippen molar-refractivity contribution in [1.29, 1.82) is 0 Å². The predicted octanol–water partition coefficient (Wildman–Crippen LogP) is 4.97. The summed E-state index contributed by atoms with van der Waals surface area (Å²) in [5.41, 5.74) is 0. The molecule has 0 saturated carbocycles. The molecule has 0 unspecified atom stereocenters. The molecule has 10 nitrogen and oxygen atoms in total. The summed E-state index contributed by atoms with van der Waals surface area (Å²) in [5.74, 6) is -0.0707. The van der Waals surface area contributed by atoms with Gasteiger partial charge in [-0.25, -0.2) is 8.42 Å². The molecule has 254 valence electrons. The largest absolute Gasteiger partial charge is 1.00 e. The summed E-state index contributed by atoms with van der Waals surface area (Å²) in [5, 5.41) is 0. The third kappa shape index (κ3) is 27.6. The molecule has 0 spiro atoms. The minimum Gasteiger partial charge on any atom is -0.726 e. The van der Waals surface area contributed by atoms with E-state index in [0.717, 1.165) is 32.1 Å². The Morgan fingerprint density at radius 1 is 0.500 bits per heavy atom. The third-order valence-corrected chi connectivity index (χ3v) is 10.4. The van der Waals surface area contributed by atoms with Crippen molar-refractivity contribution < 1.29 is 61.2 Å². The SMILES string of the molecule is CCCCCCCCCCCCOS(=O)(=O)S(=O)(=O)Oc1ccccc1.CCCCCCCCCCCCOS(=O)(=O)[O-].[Li+]. The van der Waals surface area contributed by atoms with Crippen LogP contribution in [0.1, 0.15) is 142 Å². The molecule has 0 atom stereocenters. The predicted molar refractivity (Wildman–Crippen MR) is 170 cm³/mol. The summed E-state index contributed by atoms with van der Waals surface area (Å²) in [4.78, 5) is 0. The standard InChI is InChI=1S/C18H30O6S2.C12H26O4S.Li/c1-2-3-4-5-6-7-8-9-10-14-17-23-25(19,20)26(21,22)24-18-15-12-11-13-16-18;1-2-3-4-5-6-7-8-9-10-11-12-16-17(13,14)15;/h11-13,15-16H,2-10,14,17H2,1H3;2-12H2,1H3,(H,13,14,15);/q;;+1/p-1. The zero-order valence-electron chi connectivity index (χ0n) is 27.3. The number of para-hydroxylation sites is 1. The Hall–Kier alpha value is -0.653. The van der Waals surface area contributed by atoms with E-state index in [1.54, 1.807) is 18.2 Å². The third-order valence-electron chi connectivity index (χ3n) is 6.64. The molecule has 14 heteroatoms. The molecule has 0 radical (unpaired) electrons. The molecule has 0 amide bonds. The fraction of sp³-hybridized carbons (Fsp3) is 0.800. The van der Waals surface area contributed by atoms with E-state index in [0.29, 0.717) is 12.8 Å². The van der Waals surface area contributed by atoms with Gasteiger partial charge in [0.25, 0.3) is 0 Å². The van der Waals surface area contributed by atoms with Crippen LogP contribution in [0.5, 0.6) is 5.75 Å². The topological polar surface area (TPSA) is 153 Å². The molecule has 0 aliphatic rings. The van der Waals surface area contributed by atoms with E-state index < -0.39 is 28.7 Å². The van der Waals surface area contributed by atoms with Crippen LogP contribution in [0.2, 0.25) is 0 Å². The number of benzene rings is 1. The van der Waals surface area contributed by atoms with Crippen molar-refractivity contribution in [3.05, 3.63) is 30.3 Å². The molecule has 44 heavy (non-hydrogen) atoms. The van der Waals surface area contributed by atoms with E-state index in [2.05, 4.69) is 26.4 Å². The van der Waals surface area contributed by atoms with Crippen LogP contribution < -0.4 is 23.0 Å². The van der Waals surface area contributed by atoms with E-state index >= 15 is 0 Å². The van der Waals surface area contributed by atoms with Gasteiger partial charge < -0.3 is 8.74 Å². The van der Waals surface area contributed by atoms with E-state index in [1.807, 2.05) is 0 Å².